The Bertz CT molecular complexity index is 449. The highest BCUT2D eigenvalue weighted by Gasteiger charge is 2.24. The van der Waals surface area contributed by atoms with Gasteiger partial charge in [-0.05, 0) is 76.4 Å². The quantitative estimate of drug-likeness (QED) is 0.835. The van der Waals surface area contributed by atoms with Crippen LogP contribution in [-0.2, 0) is 11.3 Å². The Morgan fingerprint density at radius 2 is 1.70 bits per heavy atom. The van der Waals surface area contributed by atoms with Gasteiger partial charge in [-0.2, -0.15) is 0 Å². The van der Waals surface area contributed by atoms with Crippen molar-refractivity contribution in [3.63, 3.8) is 0 Å². The van der Waals surface area contributed by atoms with Gasteiger partial charge in [0, 0.05) is 32.0 Å². The first-order valence-electron chi connectivity index (χ1n) is 9.18. The average Bonchev–Trinajstić information content (AvgIpc) is 2.54. The fourth-order valence-corrected chi connectivity index (χ4v) is 4.01. The van der Waals surface area contributed by atoms with Gasteiger partial charge in [0.2, 0.25) is 0 Å². The first-order valence-corrected chi connectivity index (χ1v) is 9.18. The molecule has 2 saturated heterocycles. The molecule has 1 aromatic rings. The molecule has 4 nitrogen and oxygen atoms in total. The number of likely N-dealkylation sites (tertiary alicyclic amines) is 1. The predicted molar refractivity (Wildman–Crippen MR) is 93.3 cm³/mol. The molecule has 0 N–H and O–H groups in total. The van der Waals surface area contributed by atoms with Crippen LogP contribution in [0.4, 0.5) is 0 Å². The highest BCUT2D eigenvalue weighted by atomic mass is 16.5. The minimum absolute atomic E-state index is 0.390. The van der Waals surface area contributed by atoms with Gasteiger partial charge in [0.25, 0.3) is 0 Å². The topological polar surface area (TPSA) is 28.6 Å². The Balaban J connectivity index is 1.36. The van der Waals surface area contributed by atoms with Crippen LogP contribution in [-0.4, -0.2) is 59.7 Å². The zero-order chi connectivity index (χ0) is 16.1. The van der Waals surface area contributed by atoms with E-state index in [0.29, 0.717) is 12.2 Å². The first-order chi connectivity index (χ1) is 11.2. The number of pyridine rings is 1. The van der Waals surface area contributed by atoms with E-state index in [2.05, 4.69) is 40.8 Å². The summed E-state index contributed by atoms with van der Waals surface area (Å²) in [7, 11) is 0. The van der Waals surface area contributed by atoms with Crippen molar-refractivity contribution in [3.05, 3.63) is 30.1 Å². The lowest BCUT2D eigenvalue weighted by atomic mass is 9.93. The third-order valence-corrected chi connectivity index (χ3v) is 5.21. The maximum absolute atomic E-state index is 5.83. The highest BCUT2D eigenvalue weighted by Crippen LogP contribution is 2.23. The molecular formula is C19H31N3O. The predicted octanol–water partition coefficient (Wildman–Crippen LogP) is 2.79. The molecule has 2 aliphatic rings. The molecule has 4 heteroatoms. The summed E-state index contributed by atoms with van der Waals surface area (Å²) < 4.78 is 5.83. The number of hydrogen-bond donors (Lipinski definition) is 0. The molecule has 2 atom stereocenters. The second-order valence-corrected chi connectivity index (χ2v) is 7.38. The Hall–Kier alpha value is -0.970. The monoisotopic (exact) mass is 317 g/mol. The van der Waals surface area contributed by atoms with Gasteiger partial charge in [-0.1, -0.05) is 0 Å². The van der Waals surface area contributed by atoms with E-state index in [9.17, 15) is 0 Å². The van der Waals surface area contributed by atoms with Crippen LogP contribution in [0.25, 0.3) is 0 Å². The van der Waals surface area contributed by atoms with Crippen LogP contribution in [0.3, 0.4) is 0 Å². The van der Waals surface area contributed by atoms with Gasteiger partial charge in [-0.15, -0.1) is 0 Å². The van der Waals surface area contributed by atoms with E-state index in [4.69, 9.17) is 4.74 Å². The summed E-state index contributed by atoms with van der Waals surface area (Å²) in [5.74, 6) is 0.900. The van der Waals surface area contributed by atoms with Crippen molar-refractivity contribution in [3.8, 4) is 0 Å². The fraction of sp³-hybridized carbons (Fsp3) is 0.737. The number of ether oxygens (including phenoxy) is 1. The largest absolute Gasteiger partial charge is 0.373 e. The molecule has 3 rings (SSSR count). The van der Waals surface area contributed by atoms with Crippen LogP contribution in [0.5, 0.6) is 0 Å². The van der Waals surface area contributed by atoms with E-state index in [-0.39, 0.29) is 0 Å². The van der Waals surface area contributed by atoms with E-state index in [1.165, 1.54) is 44.5 Å². The van der Waals surface area contributed by atoms with Gasteiger partial charge in [-0.25, -0.2) is 0 Å². The van der Waals surface area contributed by atoms with Gasteiger partial charge < -0.3 is 4.74 Å². The Labute approximate surface area is 140 Å². The van der Waals surface area contributed by atoms with Crippen molar-refractivity contribution in [1.82, 2.24) is 14.8 Å². The van der Waals surface area contributed by atoms with Crippen LogP contribution in [0, 0.1) is 5.92 Å². The molecular weight excluding hydrogens is 286 g/mol. The molecule has 0 spiro atoms. The van der Waals surface area contributed by atoms with Crippen LogP contribution < -0.4 is 0 Å². The van der Waals surface area contributed by atoms with Crippen molar-refractivity contribution in [2.24, 2.45) is 5.92 Å². The van der Waals surface area contributed by atoms with Gasteiger partial charge in [0.05, 0.1) is 12.2 Å². The molecule has 0 amide bonds. The minimum atomic E-state index is 0.390. The lowest BCUT2D eigenvalue weighted by Crippen LogP contribution is -2.46. The molecule has 0 bridgehead atoms. The number of hydrogen-bond acceptors (Lipinski definition) is 4. The molecule has 2 fully saturated rings. The summed E-state index contributed by atoms with van der Waals surface area (Å²) in [5.41, 5.74) is 1.38. The third-order valence-electron chi connectivity index (χ3n) is 5.21. The van der Waals surface area contributed by atoms with E-state index in [0.717, 1.165) is 25.6 Å². The van der Waals surface area contributed by atoms with Crippen LogP contribution in [0.2, 0.25) is 0 Å². The third kappa shape index (κ3) is 5.27. The second-order valence-electron chi connectivity index (χ2n) is 7.38. The summed E-state index contributed by atoms with van der Waals surface area (Å²) in [6.07, 6.45) is 8.62. The number of piperidine rings is 1. The van der Waals surface area contributed by atoms with E-state index < -0.39 is 0 Å². The normalized spacial score (nSPS) is 28.1. The Morgan fingerprint density at radius 1 is 1.04 bits per heavy atom. The molecule has 0 saturated carbocycles. The first kappa shape index (κ1) is 16.9. The van der Waals surface area contributed by atoms with Gasteiger partial charge >= 0.3 is 0 Å². The van der Waals surface area contributed by atoms with E-state index >= 15 is 0 Å². The molecule has 0 aromatic carbocycles. The fourth-order valence-electron chi connectivity index (χ4n) is 4.01. The summed E-state index contributed by atoms with van der Waals surface area (Å²) in [4.78, 5) is 9.29. The Kier molecular flexibility index (Phi) is 6.03. The molecule has 0 unspecified atom stereocenters. The van der Waals surface area contributed by atoms with Crippen molar-refractivity contribution < 1.29 is 4.74 Å². The van der Waals surface area contributed by atoms with E-state index in [1.807, 2.05) is 12.4 Å². The smallest absolute Gasteiger partial charge is 0.0678 e. The molecule has 0 radical (unpaired) electrons. The molecule has 128 valence electrons. The van der Waals surface area contributed by atoms with Crippen molar-refractivity contribution in [2.45, 2.75) is 51.9 Å². The zero-order valence-electron chi connectivity index (χ0n) is 14.7. The lowest BCUT2D eigenvalue weighted by molar-refractivity contribution is -0.0693. The van der Waals surface area contributed by atoms with Crippen molar-refractivity contribution >= 4 is 0 Å². The number of nitrogens with zero attached hydrogens (tertiary/aromatic N) is 3. The summed E-state index contributed by atoms with van der Waals surface area (Å²) in [6, 6.07) is 4.26. The maximum Gasteiger partial charge on any atom is 0.0678 e. The summed E-state index contributed by atoms with van der Waals surface area (Å²) in [6.45, 7) is 11.4. The molecule has 2 aliphatic heterocycles. The summed E-state index contributed by atoms with van der Waals surface area (Å²) in [5, 5.41) is 0. The molecule has 3 heterocycles. The van der Waals surface area contributed by atoms with Crippen molar-refractivity contribution in [1.29, 1.82) is 0 Å². The number of rotatable bonds is 5. The lowest BCUT2D eigenvalue weighted by Gasteiger charge is -2.37. The second kappa shape index (κ2) is 8.22. The molecule has 23 heavy (non-hydrogen) atoms. The van der Waals surface area contributed by atoms with Crippen LogP contribution >= 0.6 is 0 Å². The van der Waals surface area contributed by atoms with Gasteiger partial charge in [-0.3, -0.25) is 14.8 Å². The van der Waals surface area contributed by atoms with Crippen molar-refractivity contribution in [2.75, 3.05) is 32.7 Å². The number of morpholine rings is 1. The molecule has 1 aromatic heterocycles. The average molecular weight is 317 g/mol. The zero-order valence-corrected chi connectivity index (χ0v) is 14.7. The standard InChI is InChI=1S/C19H31N3O/c1-16-13-22(14-17(2)23-16)12-7-18-5-10-21(11-6-18)15-19-3-8-20-9-4-19/h3-4,8-9,16-18H,5-7,10-15H2,1-2H3/t16-,17-/m0/s1. The number of aromatic nitrogens is 1. The van der Waals surface area contributed by atoms with Crippen LogP contribution in [0.1, 0.15) is 38.7 Å². The summed E-state index contributed by atoms with van der Waals surface area (Å²) >= 11 is 0. The minimum Gasteiger partial charge on any atom is -0.373 e. The Morgan fingerprint density at radius 3 is 2.35 bits per heavy atom. The van der Waals surface area contributed by atoms with Gasteiger partial charge in [0.1, 0.15) is 0 Å². The SMILES string of the molecule is C[C@H]1CN(CCC2CCN(Cc3ccncc3)CC2)C[C@H](C)O1. The molecule has 0 aliphatic carbocycles. The highest BCUT2D eigenvalue weighted by molar-refractivity contribution is 5.09. The van der Waals surface area contributed by atoms with E-state index in [1.54, 1.807) is 0 Å². The van der Waals surface area contributed by atoms with Gasteiger partial charge in [0.15, 0.2) is 0 Å². The maximum atomic E-state index is 5.83. The van der Waals surface area contributed by atoms with Crippen LogP contribution in [0.15, 0.2) is 24.5 Å².